The summed E-state index contributed by atoms with van der Waals surface area (Å²) in [5, 5.41) is 19.3. The second-order valence-corrected chi connectivity index (χ2v) is 5.60. The highest BCUT2D eigenvalue weighted by molar-refractivity contribution is 6.30. The minimum Gasteiger partial charge on any atom is -0.480 e. The Bertz CT molecular complexity index is 552. The van der Waals surface area contributed by atoms with E-state index in [1.807, 2.05) is 0 Å². The Kier molecular flexibility index (Phi) is 4.82. The molecule has 0 aliphatic carbocycles. The average molecular weight is 313 g/mol. The van der Waals surface area contributed by atoms with Gasteiger partial charge in [-0.15, -0.1) is 0 Å². The van der Waals surface area contributed by atoms with Gasteiger partial charge in [-0.25, -0.2) is 0 Å². The molecule has 1 aliphatic rings. The van der Waals surface area contributed by atoms with Crippen molar-refractivity contribution < 1.29 is 19.8 Å². The molecule has 1 aromatic rings. The zero-order chi connectivity index (χ0) is 15.6. The van der Waals surface area contributed by atoms with Crippen LogP contribution in [0.15, 0.2) is 24.3 Å². The molecular formula is C14H17ClN2O4. The lowest BCUT2D eigenvalue weighted by molar-refractivity contribution is -0.138. The molecule has 21 heavy (non-hydrogen) atoms. The summed E-state index contributed by atoms with van der Waals surface area (Å²) in [6, 6.07) is 6.22. The number of carbonyl (C=O) groups is 2. The van der Waals surface area contributed by atoms with E-state index in [1.165, 1.54) is 9.80 Å². The molecule has 1 unspecified atom stereocenters. The van der Waals surface area contributed by atoms with Gasteiger partial charge in [-0.1, -0.05) is 17.7 Å². The Labute approximate surface area is 127 Å². The van der Waals surface area contributed by atoms with Crippen LogP contribution >= 0.6 is 11.6 Å². The van der Waals surface area contributed by atoms with E-state index in [0.717, 1.165) is 0 Å². The van der Waals surface area contributed by atoms with Crippen LogP contribution in [0.25, 0.3) is 0 Å². The number of halogens is 1. The van der Waals surface area contributed by atoms with Crippen molar-refractivity contribution >= 4 is 23.5 Å². The first kappa shape index (κ1) is 15.8. The molecule has 1 aromatic carbocycles. The van der Waals surface area contributed by atoms with Gasteiger partial charge in [0.1, 0.15) is 0 Å². The molecule has 2 atom stereocenters. The SMILES string of the molecule is CN(CC(=O)O)C1CN(C(=O)c2cccc(Cl)c2)C[C@H]1O. The van der Waals surface area contributed by atoms with Crippen LogP contribution in [0.1, 0.15) is 10.4 Å². The van der Waals surface area contributed by atoms with Crippen LogP contribution < -0.4 is 0 Å². The third-order valence-corrected chi connectivity index (χ3v) is 3.80. The summed E-state index contributed by atoms with van der Waals surface area (Å²) in [7, 11) is 1.62. The molecule has 7 heteroatoms. The molecule has 1 heterocycles. The fraction of sp³-hybridized carbons (Fsp3) is 0.429. The molecule has 0 aromatic heterocycles. The van der Waals surface area contributed by atoms with E-state index >= 15 is 0 Å². The molecule has 0 saturated carbocycles. The molecule has 1 saturated heterocycles. The maximum absolute atomic E-state index is 12.4. The van der Waals surface area contributed by atoms with Crippen molar-refractivity contribution in [1.29, 1.82) is 0 Å². The van der Waals surface area contributed by atoms with Crippen LogP contribution in [0.3, 0.4) is 0 Å². The molecule has 1 fully saturated rings. The van der Waals surface area contributed by atoms with Crippen molar-refractivity contribution in [2.45, 2.75) is 12.1 Å². The van der Waals surface area contributed by atoms with Gasteiger partial charge in [0.2, 0.25) is 0 Å². The number of aliphatic hydroxyl groups excluding tert-OH is 1. The van der Waals surface area contributed by atoms with Gasteiger partial charge in [0, 0.05) is 23.7 Å². The molecule has 1 amide bonds. The second-order valence-electron chi connectivity index (χ2n) is 5.16. The third-order valence-electron chi connectivity index (χ3n) is 3.57. The number of carboxylic acids is 1. The number of aliphatic carboxylic acids is 1. The van der Waals surface area contributed by atoms with Crippen LogP contribution in [0, 0.1) is 0 Å². The van der Waals surface area contributed by atoms with Gasteiger partial charge in [0.25, 0.3) is 5.91 Å². The zero-order valence-corrected chi connectivity index (χ0v) is 12.3. The molecule has 1 aliphatic heterocycles. The average Bonchev–Trinajstić information content (AvgIpc) is 2.79. The van der Waals surface area contributed by atoms with Gasteiger partial charge in [0.05, 0.1) is 18.7 Å². The number of carboxylic acid groups (broad SMARTS) is 1. The van der Waals surface area contributed by atoms with Crippen molar-refractivity contribution in [2.75, 3.05) is 26.7 Å². The molecule has 6 nitrogen and oxygen atoms in total. The number of rotatable bonds is 4. The minimum atomic E-state index is -0.968. The highest BCUT2D eigenvalue weighted by Gasteiger charge is 2.37. The van der Waals surface area contributed by atoms with E-state index in [-0.39, 0.29) is 31.6 Å². The Morgan fingerprint density at radius 2 is 2.14 bits per heavy atom. The summed E-state index contributed by atoms with van der Waals surface area (Å²) in [6.07, 6.45) is -0.766. The summed E-state index contributed by atoms with van der Waals surface area (Å²) in [4.78, 5) is 26.1. The fourth-order valence-corrected chi connectivity index (χ4v) is 2.69. The molecule has 0 spiro atoms. The highest BCUT2D eigenvalue weighted by Crippen LogP contribution is 2.19. The topological polar surface area (TPSA) is 81.1 Å². The summed E-state index contributed by atoms with van der Waals surface area (Å²) in [5.41, 5.74) is 0.455. The predicted octanol–water partition coefficient (Wildman–Crippen LogP) is 0.542. The Hall–Kier alpha value is -1.63. The molecule has 114 valence electrons. The van der Waals surface area contributed by atoms with Gasteiger partial charge in [-0.05, 0) is 25.2 Å². The maximum atomic E-state index is 12.4. The smallest absolute Gasteiger partial charge is 0.317 e. The molecular weight excluding hydrogens is 296 g/mol. The summed E-state index contributed by atoms with van der Waals surface area (Å²) >= 11 is 5.87. The van der Waals surface area contributed by atoms with Gasteiger partial charge < -0.3 is 15.1 Å². The van der Waals surface area contributed by atoms with Crippen LogP contribution in [0.2, 0.25) is 5.02 Å². The van der Waals surface area contributed by atoms with E-state index in [9.17, 15) is 14.7 Å². The van der Waals surface area contributed by atoms with Crippen LogP contribution in [0.4, 0.5) is 0 Å². The Morgan fingerprint density at radius 3 is 2.76 bits per heavy atom. The van der Waals surface area contributed by atoms with Gasteiger partial charge in [-0.2, -0.15) is 0 Å². The lowest BCUT2D eigenvalue weighted by Crippen LogP contribution is -2.43. The molecule has 2 N–H and O–H groups in total. The monoisotopic (exact) mass is 312 g/mol. The van der Waals surface area contributed by atoms with Crippen LogP contribution in [-0.4, -0.2) is 70.7 Å². The predicted molar refractivity (Wildman–Crippen MR) is 77.4 cm³/mol. The maximum Gasteiger partial charge on any atom is 0.317 e. The third kappa shape index (κ3) is 3.72. The van der Waals surface area contributed by atoms with Crippen molar-refractivity contribution in [1.82, 2.24) is 9.80 Å². The lowest BCUT2D eigenvalue weighted by atomic mass is 10.2. The fourth-order valence-electron chi connectivity index (χ4n) is 2.50. The van der Waals surface area contributed by atoms with E-state index in [0.29, 0.717) is 10.6 Å². The minimum absolute atomic E-state index is 0.180. The first-order valence-electron chi connectivity index (χ1n) is 6.53. The van der Waals surface area contributed by atoms with Crippen molar-refractivity contribution in [3.63, 3.8) is 0 Å². The van der Waals surface area contributed by atoms with E-state index < -0.39 is 12.1 Å². The van der Waals surface area contributed by atoms with Crippen molar-refractivity contribution in [2.24, 2.45) is 0 Å². The van der Waals surface area contributed by atoms with Crippen molar-refractivity contribution in [3.8, 4) is 0 Å². The zero-order valence-electron chi connectivity index (χ0n) is 11.6. The highest BCUT2D eigenvalue weighted by atomic mass is 35.5. The molecule has 0 radical (unpaired) electrons. The number of hydrogen-bond donors (Lipinski definition) is 2. The first-order valence-corrected chi connectivity index (χ1v) is 6.91. The Morgan fingerprint density at radius 1 is 1.43 bits per heavy atom. The van der Waals surface area contributed by atoms with Crippen molar-refractivity contribution in [3.05, 3.63) is 34.9 Å². The number of β-amino-alcohol motifs (C(OH)–C–C–N with tert-alkyl or cyclic N) is 1. The number of amides is 1. The summed E-state index contributed by atoms with van der Waals surface area (Å²) in [6.45, 7) is 0.289. The quantitative estimate of drug-likeness (QED) is 0.848. The van der Waals surface area contributed by atoms with Crippen LogP contribution in [0.5, 0.6) is 0 Å². The van der Waals surface area contributed by atoms with E-state index in [4.69, 9.17) is 16.7 Å². The number of likely N-dealkylation sites (tertiary alicyclic amines) is 1. The van der Waals surface area contributed by atoms with Gasteiger partial charge in [0.15, 0.2) is 0 Å². The largest absolute Gasteiger partial charge is 0.480 e. The number of hydrogen-bond acceptors (Lipinski definition) is 4. The van der Waals surface area contributed by atoms with E-state index in [2.05, 4.69) is 0 Å². The summed E-state index contributed by atoms with van der Waals surface area (Å²) < 4.78 is 0. The molecule has 0 bridgehead atoms. The van der Waals surface area contributed by atoms with Gasteiger partial charge in [-0.3, -0.25) is 14.5 Å². The summed E-state index contributed by atoms with van der Waals surface area (Å²) in [5.74, 6) is -1.19. The second kappa shape index (κ2) is 6.43. The van der Waals surface area contributed by atoms with Crippen LogP contribution in [-0.2, 0) is 4.79 Å². The first-order chi connectivity index (χ1) is 9.88. The van der Waals surface area contributed by atoms with E-state index in [1.54, 1.807) is 31.3 Å². The number of nitrogens with zero attached hydrogens (tertiary/aromatic N) is 2. The number of likely N-dealkylation sites (N-methyl/N-ethyl adjacent to an activating group) is 1. The molecule has 2 rings (SSSR count). The number of benzene rings is 1. The lowest BCUT2D eigenvalue weighted by Gasteiger charge is -2.24. The number of carbonyl (C=O) groups excluding carboxylic acids is 1. The number of aliphatic hydroxyl groups is 1. The standard InChI is InChI=1S/C14H17ClN2O4/c1-16(8-13(19)20)11-6-17(7-12(11)18)14(21)9-3-2-4-10(15)5-9/h2-5,11-12,18H,6-8H2,1H3,(H,19,20)/t11?,12-/m1/s1. The normalized spacial score (nSPS) is 21.8. The Balaban J connectivity index is 2.06. The van der Waals surface area contributed by atoms with Gasteiger partial charge >= 0.3 is 5.97 Å².